The highest BCUT2D eigenvalue weighted by molar-refractivity contribution is 5.71. The van der Waals surface area contributed by atoms with E-state index in [2.05, 4.69) is 34.6 Å². The number of hydrogen-bond donors (Lipinski definition) is 0. The van der Waals surface area contributed by atoms with Crippen molar-refractivity contribution in [2.75, 3.05) is 13.2 Å². The summed E-state index contributed by atoms with van der Waals surface area (Å²) in [6.45, 7) is 11.1. The van der Waals surface area contributed by atoms with E-state index in [9.17, 15) is 14.4 Å². The number of carbonyl (C=O) groups is 3. The van der Waals surface area contributed by atoms with Gasteiger partial charge >= 0.3 is 17.9 Å². The van der Waals surface area contributed by atoms with Crippen LogP contribution in [0.25, 0.3) is 0 Å². The van der Waals surface area contributed by atoms with E-state index in [0.717, 1.165) is 76.0 Å². The Hall–Kier alpha value is -1.59. The molecule has 6 nitrogen and oxygen atoms in total. The van der Waals surface area contributed by atoms with Crippen molar-refractivity contribution in [2.24, 2.45) is 11.8 Å². The Morgan fingerprint density at radius 1 is 0.465 bits per heavy atom. The Morgan fingerprint density at radius 2 is 0.814 bits per heavy atom. The standard InChI is InChI=1S/C37H70O6/c1-6-9-10-15-22-27-35(38)41-30-34(43-37(40)29-24-19-14-12-17-21-26-33(5)8-3)31-42-36(39)28-23-18-13-11-16-20-25-32(4)7-2/h32-34H,6-31H2,1-5H3/t32?,33?,34-/m1/s1. The van der Waals surface area contributed by atoms with Crippen molar-refractivity contribution < 1.29 is 28.6 Å². The van der Waals surface area contributed by atoms with Crippen molar-refractivity contribution in [1.29, 1.82) is 0 Å². The van der Waals surface area contributed by atoms with E-state index in [1.807, 2.05) is 0 Å². The van der Waals surface area contributed by atoms with Crippen molar-refractivity contribution >= 4 is 17.9 Å². The summed E-state index contributed by atoms with van der Waals surface area (Å²) in [7, 11) is 0. The van der Waals surface area contributed by atoms with E-state index >= 15 is 0 Å². The maximum Gasteiger partial charge on any atom is 0.306 e. The fraction of sp³-hybridized carbons (Fsp3) is 0.919. The molecule has 0 aromatic rings. The van der Waals surface area contributed by atoms with Crippen molar-refractivity contribution in [1.82, 2.24) is 0 Å². The molecule has 43 heavy (non-hydrogen) atoms. The van der Waals surface area contributed by atoms with Gasteiger partial charge in [-0.25, -0.2) is 0 Å². The zero-order chi connectivity index (χ0) is 32.0. The molecular weight excluding hydrogens is 540 g/mol. The summed E-state index contributed by atoms with van der Waals surface area (Å²) in [4.78, 5) is 37.1. The molecule has 0 aromatic carbocycles. The molecule has 0 rings (SSSR count). The number of ether oxygens (including phenoxy) is 3. The van der Waals surface area contributed by atoms with Crippen LogP contribution in [-0.4, -0.2) is 37.2 Å². The van der Waals surface area contributed by atoms with Gasteiger partial charge in [0.2, 0.25) is 0 Å². The number of unbranched alkanes of at least 4 members (excludes halogenated alkanes) is 14. The van der Waals surface area contributed by atoms with Crippen LogP contribution in [0, 0.1) is 11.8 Å². The second-order valence-corrected chi connectivity index (χ2v) is 13.0. The molecule has 0 saturated carbocycles. The molecule has 0 heterocycles. The first-order valence-electron chi connectivity index (χ1n) is 18.3. The van der Waals surface area contributed by atoms with Gasteiger partial charge in [0.05, 0.1) is 0 Å². The smallest absolute Gasteiger partial charge is 0.306 e. The summed E-state index contributed by atoms with van der Waals surface area (Å²) < 4.78 is 16.5. The summed E-state index contributed by atoms with van der Waals surface area (Å²) in [6, 6.07) is 0. The fourth-order valence-corrected chi connectivity index (χ4v) is 5.10. The summed E-state index contributed by atoms with van der Waals surface area (Å²) in [5.74, 6) is 0.735. The summed E-state index contributed by atoms with van der Waals surface area (Å²) >= 11 is 0. The normalized spacial score (nSPS) is 13.3. The molecule has 3 atom stereocenters. The first kappa shape index (κ1) is 41.4. The van der Waals surface area contributed by atoms with Crippen LogP contribution < -0.4 is 0 Å². The van der Waals surface area contributed by atoms with Gasteiger partial charge in [0.15, 0.2) is 6.10 Å². The lowest BCUT2D eigenvalue weighted by atomic mass is 10.00. The molecule has 0 aliphatic rings. The second kappa shape index (κ2) is 30.4. The van der Waals surface area contributed by atoms with Crippen LogP contribution in [0.1, 0.15) is 189 Å². The molecule has 0 amide bonds. The van der Waals surface area contributed by atoms with Gasteiger partial charge in [0.25, 0.3) is 0 Å². The Labute approximate surface area is 266 Å². The van der Waals surface area contributed by atoms with Crippen LogP contribution in [0.2, 0.25) is 0 Å². The molecule has 2 unspecified atom stereocenters. The van der Waals surface area contributed by atoms with E-state index in [-0.39, 0.29) is 31.1 Å². The van der Waals surface area contributed by atoms with Crippen LogP contribution in [0.4, 0.5) is 0 Å². The number of esters is 3. The zero-order valence-electron chi connectivity index (χ0n) is 29.1. The molecule has 0 radical (unpaired) electrons. The van der Waals surface area contributed by atoms with Crippen molar-refractivity contribution in [3.8, 4) is 0 Å². The van der Waals surface area contributed by atoms with Crippen molar-refractivity contribution in [3.05, 3.63) is 0 Å². The van der Waals surface area contributed by atoms with Crippen molar-refractivity contribution in [2.45, 2.75) is 195 Å². The fourth-order valence-electron chi connectivity index (χ4n) is 5.10. The molecule has 0 saturated heterocycles. The lowest BCUT2D eigenvalue weighted by Gasteiger charge is -2.18. The molecule has 0 bridgehead atoms. The van der Waals surface area contributed by atoms with E-state index in [1.54, 1.807) is 0 Å². The Bertz CT molecular complexity index is 663. The third kappa shape index (κ3) is 28.9. The molecule has 0 spiro atoms. The summed E-state index contributed by atoms with van der Waals surface area (Å²) in [6.07, 6.45) is 24.1. The van der Waals surface area contributed by atoms with Crippen LogP contribution in [-0.2, 0) is 28.6 Å². The van der Waals surface area contributed by atoms with Gasteiger partial charge in [-0.15, -0.1) is 0 Å². The number of carbonyl (C=O) groups excluding carboxylic acids is 3. The van der Waals surface area contributed by atoms with E-state index < -0.39 is 6.10 Å². The number of hydrogen-bond acceptors (Lipinski definition) is 6. The van der Waals surface area contributed by atoms with Crippen LogP contribution in [0.5, 0.6) is 0 Å². The minimum absolute atomic E-state index is 0.0693. The first-order chi connectivity index (χ1) is 20.8. The lowest BCUT2D eigenvalue weighted by Crippen LogP contribution is -2.30. The quantitative estimate of drug-likeness (QED) is 0.0441. The average molecular weight is 611 g/mol. The predicted molar refractivity (Wildman–Crippen MR) is 178 cm³/mol. The van der Waals surface area contributed by atoms with Gasteiger partial charge in [0.1, 0.15) is 13.2 Å². The summed E-state index contributed by atoms with van der Waals surface area (Å²) in [5, 5.41) is 0. The third-order valence-electron chi connectivity index (χ3n) is 8.69. The predicted octanol–water partition coefficient (Wildman–Crippen LogP) is 10.7. The van der Waals surface area contributed by atoms with Gasteiger partial charge in [-0.2, -0.15) is 0 Å². The zero-order valence-corrected chi connectivity index (χ0v) is 29.1. The van der Waals surface area contributed by atoms with Gasteiger partial charge in [0, 0.05) is 19.3 Å². The highest BCUT2D eigenvalue weighted by Gasteiger charge is 2.19. The third-order valence-corrected chi connectivity index (χ3v) is 8.69. The lowest BCUT2D eigenvalue weighted by molar-refractivity contribution is -0.167. The summed E-state index contributed by atoms with van der Waals surface area (Å²) in [5.41, 5.74) is 0. The maximum atomic E-state index is 12.5. The van der Waals surface area contributed by atoms with Crippen LogP contribution >= 0.6 is 0 Å². The largest absolute Gasteiger partial charge is 0.462 e. The molecule has 0 fully saturated rings. The molecule has 0 aliphatic carbocycles. The minimum atomic E-state index is -0.758. The van der Waals surface area contributed by atoms with E-state index in [4.69, 9.17) is 14.2 Å². The molecular formula is C37H70O6. The highest BCUT2D eigenvalue weighted by atomic mass is 16.6. The van der Waals surface area contributed by atoms with Crippen LogP contribution in [0.3, 0.4) is 0 Å². The second-order valence-electron chi connectivity index (χ2n) is 13.0. The Kier molecular flexibility index (Phi) is 29.3. The van der Waals surface area contributed by atoms with E-state index in [1.165, 1.54) is 70.6 Å². The SMILES string of the molecule is CCCCCCCC(=O)OC[C@H](COC(=O)CCCCCCCCC(C)CC)OC(=O)CCCCCCCCC(C)CC. The van der Waals surface area contributed by atoms with Gasteiger partial charge in [-0.05, 0) is 31.1 Å². The van der Waals surface area contributed by atoms with Crippen molar-refractivity contribution in [3.63, 3.8) is 0 Å². The number of rotatable bonds is 31. The monoisotopic (exact) mass is 611 g/mol. The Balaban J connectivity index is 4.35. The van der Waals surface area contributed by atoms with Gasteiger partial charge < -0.3 is 14.2 Å². The molecule has 254 valence electrons. The molecule has 6 heteroatoms. The van der Waals surface area contributed by atoms with Gasteiger partial charge in [-0.1, -0.05) is 150 Å². The highest BCUT2D eigenvalue weighted by Crippen LogP contribution is 2.16. The average Bonchev–Trinajstić information content (AvgIpc) is 3.00. The molecule has 0 aliphatic heterocycles. The first-order valence-corrected chi connectivity index (χ1v) is 18.3. The maximum absolute atomic E-state index is 12.5. The van der Waals surface area contributed by atoms with E-state index in [0.29, 0.717) is 19.3 Å². The van der Waals surface area contributed by atoms with Gasteiger partial charge in [-0.3, -0.25) is 14.4 Å². The molecule has 0 aromatic heterocycles. The Morgan fingerprint density at radius 3 is 1.21 bits per heavy atom. The molecule has 0 N–H and O–H groups in total. The van der Waals surface area contributed by atoms with Crippen LogP contribution in [0.15, 0.2) is 0 Å². The topological polar surface area (TPSA) is 78.9 Å². The minimum Gasteiger partial charge on any atom is -0.462 e.